The Kier molecular flexibility index (Phi) is 6.33. The Morgan fingerprint density at radius 2 is 2.00 bits per heavy atom. The maximum absolute atomic E-state index is 11.4. The number of carbonyl (C=O) groups is 1. The summed E-state index contributed by atoms with van der Waals surface area (Å²) >= 11 is 0. The molecule has 1 aromatic heterocycles. The van der Waals surface area contributed by atoms with Gasteiger partial charge >= 0.3 is 0 Å². The van der Waals surface area contributed by atoms with Gasteiger partial charge in [-0.25, -0.2) is 0 Å². The van der Waals surface area contributed by atoms with Gasteiger partial charge in [-0.15, -0.1) is 0 Å². The summed E-state index contributed by atoms with van der Waals surface area (Å²) in [4.78, 5) is 11.4. The Bertz CT molecular complexity index is 283. The normalized spacial score (nSPS) is 10.3. The van der Waals surface area contributed by atoms with Crippen molar-refractivity contribution in [3.63, 3.8) is 0 Å². The summed E-state index contributed by atoms with van der Waals surface area (Å²) in [5, 5.41) is 5.94. The van der Waals surface area contributed by atoms with Crippen molar-refractivity contribution in [1.29, 1.82) is 0 Å². The van der Waals surface area contributed by atoms with Gasteiger partial charge in [-0.05, 0) is 38.6 Å². The van der Waals surface area contributed by atoms with Crippen LogP contribution in [0.25, 0.3) is 0 Å². The second-order valence-corrected chi connectivity index (χ2v) is 3.75. The van der Waals surface area contributed by atoms with Crippen LogP contribution in [0.5, 0.6) is 0 Å². The van der Waals surface area contributed by atoms with Crippen LogP contribution >= 0.6 is 0 Å². The standard InChI is InChI=1S/C12H20N2O2/c1-13-8-4-2-3-5-9-14-12(15)11-7-6-10-16-11/h6-7,10,13H,2-5,8-9H2,1H3,(H,14,15). The molecule has 0 aliphatic carbocycles. The lowest BCUT2D eigenvalue weighted by Crippen LogP contribution is -2.23. The number of unbranched alkanes of at least 4 members (excludes halogenated alkanes) is 3. The third-order valence-corrected chi connectivity index (χ3v) is 2.38. The van der Waals surface area contributed by atoms with Crippen molar-refractivity contribution in [2.45, 2.75) is 25.7 Å². The van der Waals surface area contributed by atoms with Gasteiger partial charge in [0.1, 0.15) is 0 Å². The molecule has 0 saturated heterocycles. The zero-order valence-corrected chi connectivity index (χ0v) is 9.79. The third kappa shape index (κ3) is 4.98. The zero-order chi connectivity index (χ0) is 11.6. The highest BCUT2D eigenvalue weighted by Gasteiger charge is 2.06. The van der Waals surface area contributed by atoms with Gasteiger partial charge in [-0.2, -0.15) is 0 Å². The van der Waals surface area contributed by atoms with E-state index in [-0.39, 0.29) is 5.91 Å². The van der Waals surface area contributed by atoms with E-state index >= 15 is 0 Å². The second-order valence-electron chi connectivity index (χ2n) is 3.75. The zero-order valence-electron chi connectivity index (χ0n) is 9.79. The Hall–Kier alpha value is -1.29. The SMILES string of the molecule is CNCCCCCCNC(=O)c1ccco1. The summed E-state index contributed by atoms with van der Waals surface area (Å²) in [7, 11) is 1.96. The fraction of sp³-hybridized carbons (Fsp3) is 0.583. The van der Waals surface area contributed by atoms with Crippen LogP contribution in [0.3, 0.4) is 0 Å². The molecular formula is C12H20N2O2. The summed E-state index contributed by atoms with van der Waals surface area (Å²) < 4.78 is 4.99. The first-order valence-electron chi connectivity index (χ1n) is 5.81. The molecule has 2 N–H and O–H groups in total. The van der Waals surface area contributed by atoms with E-state index in [0.717, 1.165) is 25.9 Å². The van der Waals surface area contributed by atoms with Gasteiger partial charge in [-0.3, -0.25) is 4.79 Å². The first-order chi connectivity index (χ1) is 7.84. The number of carbonyl (C=O) groups excluding carboxylic acids is 1. The van der Waals surface area contributed by atoms with Crippen LogP contribution in [0.1, 0.15) is 36.2 Å². The van der Waals surface area contributed by atoms with Crippen molar-refractivity contribution >= 4 is 5.91 Å². The molecule has 0 atom stereocenters. The molecule has 0 spiro atoms. The van der Waals surface area contributed by atoms with Gasteiger partial charge in [0.05, 0.1) is 6.26 Å². The fourth-order valence-electron chi connectivity index (χ4n) is 1.48. The van der Waals surface area contributed by atoms with Crippen molar-refractivity contribution in [2.24, 2.45) is 0 Å². The van der Waals surface area contributed by atoms with Crippen molar-refractivity contribution in [1.82, 2.24) is 10.6 Å². The highest BCUT2D eigenvalue weighted by atomic mass is 16.3. The molecule has 0 unspecified atom stereocenters. The van der Waals surface area contributed by atoms with E-state index in [1.807, 2.05) is 7.05 Å². The first-order valence-corrected chi connectivity index (χ1v) is 5.81. The largest absolute Gasteiger partial charge is 0.459 e. The molecule has 0 aliphatic rings. The van der Waals surface area contributed by atoms with Gasteiger partial charge in [-0.1, -0.05) is 12.8 Å². The Morgan fingerprint density at radius 1 is 1.25 bits per heavy atom. The highest BCUT2D eigenvalue weighted by Crippen LogP contribution is 2.00. The monoisotopic (exact) mass is 224 g/mol. The lowest BCUT2D eigenvalue weighted by Gasteiger charge is -2.03. The van der Waals surface area contributed by atoms with E-state index in [4.69, 9.17) is 4.42 Å². The lowest BCUT2D eigenvalue weighted by atomic mass is 10.2. The summed E-state index contributed by atoms with van der Waals surface area (Å²) in [6.07, 6.45) is 6.09. The van der Waals surface area contributed by atoms with Crippen LogP contribution in [0.2, 0.25) is 0 Å². The molecule has 4 heteroatoms. The molecule has 0 saturated carbocycles. The van der Waals surface area contributed by atoms with E-state index in [1.165, 1.54) is 19.1 Å². The Balaban J connectivity index is 1.97. The number of nitrogens with one attached hydrogen (secondary N) is 2. The molecular weight excluding hydrogens is 204 g/mol. The van der Waals surface area contributed by atoms with Crippen LogP contribution in [0.4, 0.5) is 0 Å². The number of furan rings is 1. The maximum Gasteiger partial charge on any atom is 0.286 e. The lowest BCUT2D eigenvalue weighted by molar-refractivity contribution is 0.0925. The van der Waals surface area contributed by atoms with Gasteiger partial charge in [0.25, 0.3) is 5.91 Å². The summed E-state index contributed by atoms with van der Waals surface area (Å²) in [6.45, 7) is 1.79. The van der Waals surface area contributed by atoms with E-state index in [1.54, 1.807) is 12.1 Å². The minimum Gasteiger partial charge on any atom is -0.459 e. The fourth-order valence-corrected chi connectivity index (χ4v) is 1.48. The van der Waals surface area contributed by atoms with Gasteiger partial charge in [0, 0.05) is 6.54 Å². The average molecular weight is 224 g/mol. The number of amides is 1. The predicted octanol–water partition coefficient (Wildman–Crippen LogP) is 1.79. The molecule has 4 nitrogen and oxygen atoms in total. The van der Waals surface area contributed by atoms with Gasteiger partial charge in [0.15, 0.2) is 5.76 Å². The minimum atomic E-state index is -0.125. The van der Waals surface area contributed by atoms with E-state index in [0.29, 0.717) is 5.76 Å². The molecule has 1 rings (SSSR count). The van der Waals surface area contributed by atoms with Crippen LogP contribution in [0.15, 0.2) is 22.8 Å². The smallest absolute Gasteiger partial charge is 0.286 e. The molecule has 0 bridgehead atoms. The molecule has 16 heavy (non-hydrogen) atoms. The van der Waals surface area contributed by atoms with E-state index in [9.17, 15) is 4.79 Å². The van der Waals surface area contributed by atoms with Crippen molar-refractivity contribution in [3.05, 3.63) is 24.2 Å². The van der Waals surface area contributed by atoms with Crippen LogP contribution in [-0.4, -0.2) is 26.0 Å². The van der Waals surface area contributed by atoms with E-state index < -0.39 is 0 Å². The molecule has 90 valence electrons. The molecule has 1 heterocycles. The van der Waals surface area contributed by atoms with Gasteiger partial charge in [0.2, 0.25) is 0 Å². The number of rotatable bonds is 8. The minimum absolute atomic E-state index is 0.125. The van der Waals surface area contributed by atoms with Crippen molar-refractivity contribution < 1.29 is 9.21 Å². The quantitative estimate of drug-likeness (QED) is 0.662. The summed E-state index contributed by atoms with van der Waals surface area (Å²) in [5.74, 6) is 0.260. The molecule has 0 aliphatic heterocycles. The molecule has 0 aromatic carbocycles. The van der Waals surface area contributed by atoms with Gasteiger partial charge < -0.3 is 15.1 Å². The van der Waals surface area contributed by atoms with Crippen molar-refractivity contribution in [2.75, 3.05) is 20.1 Å². The van der Waals surface area contributed by atoms with Crippen molar-refractivity contribution in [3.8, 4) is 0 Å². The first kappa shape index (κ1) is 12.8. The molecule has 1 amide bonds. The molecule has 1 aromatic rings. The average Bonchev–Trinajstić information content (AvgIpc) is 2.81. The summed E-state index contributed by atoms with van der Waals surface area (Å²) in [6, 6.07) is 3.38. The molecule has 0 radical (unpaired) electrons. The van der Waals surface area contributed by atoms with Crippen LogP contribution < -0.4 is 10.6 Å². The Labute approximate surface area is 96.4 Å². The number of hydrogen-bond donors (Lipinski definition) is 2. The highest BCUT2D eigenvalue weighted by molar-refractivity contribution is 5.91. The van der Waals surface area contributed by atoms with E-state index in [2.05, 4.69) is 10.6 Å². The predicted molar refractivity (Wildman–Crippen MR) is 63.4 cm³/mol. The maximum atomic E-state index is 11.4. The van der Waals surface area contributed by atoms with Crippen LogP contribution in [0, 0.1) is 0 Å². The third-order valence-electron chi connectivity index (χ3n) is 2.38. The van der Waals surface area contributed by atoms with Crippen LogP contribution in [-0.2, 0) is 0 Å². The number of hydrogen-bond acceptors (Lipinski definition) is 3. The Morgan fingerprint density at radius 3 is 2.62 bits per heavy atom. The topological polar surface area (TPSA) is 54.3 Å². The second kappa shape index (κ2) is 7.93. The summed E-state index contributed by atoms with van der Waals surface area (Å²) in [5.41, 5.74) is 0. The molecule has 0 fully saturated rings.